The molecule has 0 aliphatic carbocycles. The van der Waals surface area contributed by atoms with Crippen LogP contribution in [0.3, 0.4) is 0 Å². The van der Waals surface area contributed by atoms with Gasteiger partial charge in [-0.25, -0.2) is 9.59 Å². The van der Waals surface area contributed by atoms with Gasteiger partial charge >= 0.3 is 11.9 Å². The Hall–Kier alpha value is -4.72. The van der Waals surface area contributed by atoms with E-state index < -0.39 is 80.5 Å². The first-order valence-corrected chi connectivity index (χ1v) is 15.9. The molecular weight excluding hydrogens is 692 g/mol. The van der Waals surface area contributed by atoms with Gasteiger partial charge in [-0.2, -0.15) is 0 Å². The van der Waals surface area contributed by atoms with Crippen LogP contribution < -0.4 is 18.9 Å². The molecule has 2 aliphatic rings. The smallest absolute Gasteiger partial charge is 0.338 e. The zero-order valence-electron chi connectivity index (χ0n) is 28.3. The van der Waals surface area contributed by atoms with Gasteiger partial charge in [0.15, 0.2) is 34.9 Å². The Morgan fingerprint density at radius 2 is 1.38 bits per heavy atom. The van der Waals surface area contributed by atoms with E-state index in [2.05, 4.69) is 0 Å². The summed E-state index contributed by atoms with van der Waals surface area (Å²) in [5.74, 6) is -0.438. The maximum atomic E-state index is 12.7. The lowest BCUT2D eigenvalue weighted by Gasteiger charge is -2.40. The molecule has 2 fully saturated rings. The number of hydrogen-bond acceptors (Lipinski definition) is 17. The summed E-state index contributed by atoms with van der Waals surface area (Å²) in [6.45, 7) is -1.77. The highest BCUT2D eigenvalue weighted by atomic mass is 16.7. The summed E-state index contributed by atoms with van der Waals surface area (Å²) < 4.78 is 48.8. The minimum atomic E-state index is -2.05. The zero-order chi connectivity index (χ0) is 37.6. The van der Waals surface area contributed by atoms with Crippen LogP contribution in [0, 0.1) is 0 Å². The summed E-state index contributed by atoms with van der Waals surface area (Å²) in [5.41, 5.74) is -1.18. The van der Waals surface area contributed by atoms with Gasteiger partial charge in [0, 0.05) is 0 Å². The largest absolute Gasteiger partial charge is 0.508 e. The number of hydrogen-bond donors (Lipinski definition) is 6. The van der Waals surface area contributed by atoms with Gasteiger partial charge < -0.3 is 73.3 Å². The van der Waals surface area contributed by atoms with Crippen molar-refractivity contribution in [1.82, 2.24) is 0 Å². The molecule has 0 bridgehead atoms. The van der Waals surface area contributed by atoms with Crippen molar-refractivity contribution < 1.29 is 82.9 Å². The summed E-state index contributed by atoms with van der Waals surface area (Å²) in [7, 11) is 4.28. The number of carbonyl (C=O) groups excluding carboxylic acids is 2. The van der Waals surface area contributed by atoms with Crippen LogP contribution in [0.1, 0.15) is 26.3 Å². The summed E-state index contributed by atoms with van der Waals surface area (Å²) in [4.78, 5) is 25.0. The number of phenolic OH excluding ortho intramolecular Hbond substituents is 1. The minimum absolute atomic E-state index is 0.0547. The van der Waals surface area contributed by atoms with E-state index in [1.807, 2.05) is 0 Å². The van der Waals surface area contributed by atoms with Gasteiger partial charge in [0.25, 0.3) is 0 Å². The standard InChI is InChI=1S/C35H40O17/c1-44-22-11-7-20(13-25(22)46-3)32(42)47-14-18-4-10-23(24(12-18)45-2)51-33-29(39)28(38)27(37)26(52-33)15-48-34-30(40)35(43,17-50-34)16-49-31(41)19-5-8-21(36)9-6-19/h4-13,26-30,33-34,36-40,43H,14-17H2,1-3H3. The number of aromatic hydroxyl groups is 1. The Morgan fingerprint density at radius 1 is 0.750 bits per heavy atom. The molecule has 0 aromatic heterocycles. The van der Waals surface area contributed by atoms with E-state index in [-0.39, 0.29) is 35.0 Å². The van der Waals surface area contributed by atoms with E-state index in [0.29, 0.717) is 17.1 Å². The quantitative estimate of drug-likeness (QED) is 0.122. The number of esters is 2. The topological polar surface area (TPSA) is 239 Å². The van der Waals surface area contributed by atoms with E-state index in [4.69, 9.17) is 42.6 Å². The Labute approximate surface area is 297 Å². The Morgan fingerprint density at radius 3 is 2.08 bits per heavy atom. The van der Waals surface area contributed by atoms with Gasteiger partial charge in [0.2, 0.25) is 6.29 Å². The molecule has 0 radical (unpaired) electrons. The fourth-order valence-corrected chi connectivity index (χ4v) is 5.35. The number of aliphatic hydroxyl groups is 5. The highest BCUT2D eigenvalue weighted by Crippen LogP contribution is 2.34. The van der Waals surface area contributed by atoms with Gasteiger partial charge in [-0.05, 0) is 60.2 Å². The molecule has 2 heterocycles. The normalized spacial score (nSPS) is 27.0. The fourth-order valence-electron chi connectivity index (χ4n) is 5.35. The maximum Gasteiger partial charge on any atom is 0.338 e. The van der Waals surface area contributed by atoms with Crippen molar-refractivity contribution in [1.29, 1.82) is 0 Å². The average molecular weight is 733 g/mol. The summed E-state index contributed by atoms with van der Waals surface area (Å²) >= 11 is 0. The first-order valence-electron chi connectivity index (χ1n) is 15.9. The molecule has 6 N–H and O–H groups in total. The highest BCUT2D eigenvalue weighted by Gasteiger charge is 2.51. The molecule has 5 rings (SSSR count). The minimum Gasteiger partial charge on any atom is -0.508 e. The van der Waals surface area contributed by atoms with Crippen LogP contribution in [0.4, 0.5) is 0 Å². The molecule has 2 saturated heterocycles. The summed E-state index contributed by atoms with van der Waals surface area (Å²) in [6.07, 6.45) is -11.2. The van der Waals surface area contributed by atoms with Crippen molar-refractivity contribution in [2.45, 2.75) is 55.3 Å². The lowest BCUT2D eigenvalue weighted by Crippen LogP contribution is -2.60. The third-order valence-corrected chi connectivity index (χ3v) is 8.42. The number of phenols is 1. The predicted molar refractivity (Wildman–Crippen MR) is 174 cm³/mol. The second kappa shape index (κ2) is 16.7. The van der Waals surface area contributed by atoms with Gasteiger partial charge in [0.05, 0.1) is 45.7 Å². The molecule has 0 spiro atoms. The number of methoxy groups -OCH3 is 3. The monoisotopic (exact) mass is 732 g/mol. The van der Waals surface area contributed by atoms with Crippen molar-refractivity contribution in [3.8, 4) is 28.7 Å². The van der Waals surface area contributed by atoms with Crippen molar-refractivity contribution in [2.75, 3.05) is 41.2 Å². The van der Waals surface area contributed by atoms with Gasteiger partial charge in [-0.3, -0.25) is 0 Å². The van der Waals surface area contributed by atoms with Crippen molar-refractivity contribution in [3.63, 3.8) is 0 Å². The van der Waals surface area contributed by atoms with Gasteiger partial charge in [-0.1, -0.05) is 6.07 Å². The Kier molecular flexibility index (Phi) is 12.4. The molecule has 0 saturated carbocycles. The molecule has 17 heteroatoms. The van der Waals surface area contributed by atoms with Crippen molar-refractivity contribution >= 4 is 11.9 Å². The molecule has 8 atom stereocenters. The van der Waals surface area contributed by atoms with E-state index in [1.54, 1.807) is 12.1 Å². The van der Waals surface area contributed by atoms with E-state index in [0.717, 1.165) is 0 Å². The van der Waals surface area contributed by atoms with E-state index in [1.165, 1.54) is 69.9 Å². The maximum absolute atomic E-state index is 12.7. The molecule has 52 heavy (non-hydrogen) atoms. The number of benzene rings is 3. The van der Waals surface area contributed by atoms with Crippen LogP contribution in [0.5, 0.6) is 28.7 Å². The summed E-state index contributed by atoms with van der Waals surface area (Å²) in [5, 5.41) is 62.8. The highest BCUT2D eigenvalue weighted by molar-refractivity contribution is 5.90. The van der Waals surface area contributed by atoms with Gasteiger partial charge in [-0.15, -0.1) is 0 Å². The van der Waals surface area contributed by atoms with Crippen LogP contribution in [-0.2, 0) is 30.3 Å². The molecule has 0 amide bonds. The van der Waals surface area contributed by atoms with Crippen LogP contribution in [0.15, 0.2) is 60.7 Å². The first-order chi connectivity index (χ1) is 24.9. The molecule has 17 nitrogen and oxygen atoms in total. The van der Waals surface area contributed by atoms with Crippen molar-refractivity contribution in [3.05, 3.63) is 77.4 Å². The first kappa shape index (κ1) is 38.5. The molecule has 282 valence electrons. The molecular formula is C35H40O17. The van der Waals surface area contributed by atoms with Crippen LogP contribution >= 0.6 is 0 Å². The zero-order valence-corrected chi connectivity index (χ0v) is 28.3. The number of rotatable bonds is 14. The number of aliphatic hydroxyl groups excluding tert-OH is 4. The number of carbonyl (C=O) groups is 2. The molecule has 3 aromatic carbocycles. The molecule has 8 unspecified atom stereocenters. The van der Waals surface area contributed by atoms with Crippen LogP contribution in [0.2, 0.25) is 0 Å². The SMILES string of the molecule is COc1ccc(C(=O)OCc2ccc(OC3OC(COC4OCC(O)(COC(=O)c5ccc(O)cc5)C4O)C(O)C(O)C3O)c(OC)c2)cc1OC. The lowest BCUT2D eigenvalue weighted by molar-refractivity contribution is -0.289. The summed E-state index contributed by atoms with van der Waals surface area (Å²) in [6, 6.07) is 14.4. The van der Waals surface area contributed by atoms with Crippen molar-refractivity contribution in [2.24, 2.45) is 0 Å². The predicted octanol–water partition coefficient (Wildman–Crippen LogP) is 0.283. The fraction of sp³-hybridized carbons (Fsp3) is 0.429. The van der Waals surface area contributed by atoms with E-state index >= 15 is 0 Å². The second-order valence-corrected chi connectivity index (χ2v) is 11.9. The lowest BCUT2D eigenvalue weighted by atomic mass is 9.99. The second-order valence-electron chi connectivity index (χ2n) is 11.9. The Bertz CT molecular complexity index is 1680. The number of ether oxygens (including phenoxy) is 9. The van der Waals surface area contributed by atoms with Crippen LogP contribution in [-0.4, -0.2) is 132 Å². The van der Waals surface area contributed by atoms with Crippen LogP contribution in [0.25, 0.3) is 0 Å². The molecule has 2 aliphatic heterocycles. The van der Waals surface area contributed by atoms with E-state index in [9.17, 15) is 40.2 Å². The molecule has 3 aromatic rings. The average Bonchev–Trinajstić information content (AvgIpc) is 3.44. The van der Waals surface area contributed by atoms with Gasteiger partial charge in [0.1, 0.15) is 49.5 Å². The third kappa shape index (κ3) is 8.66. The third-order valence-electron chi connectivity index (χ3n) is 8.42. The Balaban J connectivity index is 1.16.